The van der Waals surface area contributed by atoms with E-state index in [0.717, 1.165) is 10.0 Å². The third kappa shape index (κ3) is 3.89. The van der Waals surface area contributed by atoms with Crippen molar-refractivity contribution in [3.8, 4) is 0 Å². The maximum atomic E-state index is 12.2. The van der Waals surface area contributed by atoms with Crippen LogP contribution < -0.4 is 10.6 Å². The molecule has 1 atom stereocenters. The normalized spacial score (nSPS) is 16.8. The van der Waals surface area contributed by atoms with Crippen molar-refractivity contribution in [2.24, 2.45) is 5.92 Å². The first kappa shape index (κ1) is 16.4. The van der Waals surface area contributed by atoms with Crippen molar-refractivity contribution in [2.75, 3.05) is 5.32 Å². The van der Waals surface area contributed by atoms with Crippen LogP contribution >= 0.6 is 15.9 Å². The molecule has 1 fully saturated rings. The highest BCUT2D eigenvalue weighted by molar-refractivity contribution is 9.10. The molecule has 0 bridgehead atoms. The molecule has 1 unspecified atom stereocenters. The van der Waals surface area contributed by atoms with E-state index in [2.05, 4.69) is 26.6 Å². The van der Waals surface area contributed by atoms with Gasteiger partial charge in [0, 0.05) is 22.1 Å². The Morgan fingerprint density at radius 2 is 1.92 bits per heavy atom. The zero-order valence-corrected chi connectivity index (χ0v) is 14.3. The second kappa shape index (κ2) is 6.97. The van der Waals surface area contributed by atoms with E-state index < -0.39 is 0 Å². The predicted molar refractivity (Wildman–Crippen MR) is 93.5 cm³/mol. The molecule has 3 amide bonds. The van der Waals surface area contributed by atoms with E-state index in [-0.39, 0.29) is 30.1 Å². The Labute approximate surface area is 147 Å². The topological polar surface area (TPSA) is 75.3 Å². The summed E-state index contributed by atoms with van der Waals surface area (Å²) in [5.74, 6) is -0.931. The van der Waals surface area contributed by atoms with Crippen LogP contribution in [-0.4, -0.2) is 17.7 Å². The van der Waals surface area contributed by atoms with E-state index in [0.29, 0.717) is 17.7 Å². The highest BCUT2D eigenvalue weighted by Crippen LogP contribution is 2.19. The minimum atomic E-state index is -0.306. The Bertz CT molecular complexity index is 802. The Morgan fingerprint density at radius 1 is 1.17 bits per heavy atom. The van der Waals surface area contributed by atoms with Crippen LogP contribution in [0.25, 0.3) is 0 Å². The molecule has 5 nitrogen and oxygen atoms in total. The SMILES string of the molecule is O=C1CC(Cc2ccc(NC(=O)c3cccc(Br)c3)cc2)C(=O)N1. The molecule has 1 aliphatic rings. The number of imide groups is 1. The van der Waals surface area contributed by atoms with Crippen molar-refractivity contribution in [3.05, 3.63) is 64.1 Å². The minimum absolute atomic E-state index is 0.190. The summed E-state index contributed by atoms with van der Waals surface area (Å²) in [4.78, 5) is 35.0. The molecule has 1 heterocycles. The highest BCUT2D eigenvalue weighted by Gasteiger charge is 2.30. The number of hydrogen-bond donors (Lipinski definition) is 2. The fourth-order valence-corrected chi connectivity index (χ4v) is 3.01. The van der Waals surface area contributed by atoms with Gasteiger partial charge in [0.15, 0.2) is 0 Å². The van der Waals surface area contributed by atoms with Gasteiger partial charge in [0.2, 0.25) is 11.8 Å². The maximum absolute atomic E-state index is 12.2. The zero-order valence-electron chi connectivity index (χ0n) is 12.7. The Hall–Kier alpha value is -2.47. The summed E-state index contributed by atoms with van der Waals surface area (Å²) >= 11 is 3.34. The number of halogens is 1. The number of amides is 3. The van der Waals surface area contributed by atoms with Crippen LogP contribution in [-0.2, 0) is 16.0 Å². The molecule has 2 N–H and O–H groups in total. The minimum Gasteiger partial charge on any atom is -0.322 e. The molecule has 2 aromatic carbocycles. The van der Waals surface area contributed by atoms with Crippen LogP contribution in [0.4, 0.5) is 5.69 Å². The third-order valence-electron chi connectivity index (χ3n) is 3.85. The number of benzene rings is 2. The van der Waals surface area contributed by atoms with Gasteiger partial charge in [-0.25, -0.2) is 0 Å². The van der Waals surface area contributed by atoms with Gasteiger partial charge >= 0.3 is 0 Å². The van der Waals surface area contributed by atoms with Crippen LogP contribution in [0.3, 0.4) is 0 Å². The molecule has 1 aliphatic heterocycles. The molecular weight excluding hydrogens is 372 g/mol. The van der Waals surface area contributed by atoms with Gasteiger partial charge in [-0.05, 0) is 42.3 Å². The van der Waals surface area contributed by atoms with Gasteiger partial charge in [-0.2, -0.15) is 0 Å². The molecule has 2 aromatic rings. The number of anilines is 1. The summed E-state index contributed by atoms with van der Waals surface area (Å²) in [6, 6.07) is 14.4. The standard InChI is InChI=1S/C18H15BrN2O3/c19-14-3-1-2-12(9-14)17(23)20-15-6-4-11(5-7-15)8-13-10-16(22)21-18(13)24/h1-7,9,13H,8,10H2,(H,20,23)(H,21,22,24). The van der Waals surface area contributed by atoms with Crippen LogP contribution in [0, 0.1) is 5.92 Å². The summed E-state index contributed by atoms with van der Waals surface area (Å²) in [5, 5.41) is 5.14. The molecular formula is C18H15BrN2O3. The lowest BCUT2D eigenvalue weighted by Gasteiger charge is -2.09. The van der Waals surface area contributed by atoms with Gasteiger partial charge in [0.05, 0.1) is 5.92 Å². The first-order chi connectivity index (χ1) is 11.5. The van der Waals surface area contributed by atoms with Gasteiger partial charge in [0.1, 0.15) is 0 Å². The summed E-state index contributed by atoms with van der Waals surface area (Å²) in [6.45, 7) is 0. The molecule has 0 saturated carbocycles. The van der Waals surface area contributed by atoms with Crippen LogP contribution in [0.1, 0.15) is 22.3 Å². The first-order valence-corrected chi connectivity index (χ1v) is 8.30. The Balaban J connectivity index is 1.63. The molecule has 0 aliphatic carbocycles. The second-order valence-electron chi connectivity index (χ2n) is 5.68. The third-order valence-corrected chi connectivity index (χ3v) is 4.34. The van der Waals surface area contributed by atoms with Gasteiger partial charge in [-0.15, -0.1) is 0 Å². The average molecular weight is 387 g/mol. The number of rotatable bonds is 4. The Kier molecular flexibility index (Phi) is 4.76. The molecule has 0 aromatic heterocycles. The van der Waals surface area contributed by atoms with Crippen LogP contribution in [0.15, 0.2) is 53.0 Å². The van der Waals surface area contributed by atoms with Crippen molar-refractivity contribution >= 4 is 39.3 Å². The largest absolute Gasteiger partial charge is 0.322 e. The van der Waals surface area contributed by atoms with E-state index in [1.165, 1.54) is 0 Å². The van der Waals surface area contributed by atoms with Gasteiger partial charge in [0.25, 0.3) is 5.91 Å². The summed E-state index contributed by atoms with van der Waals surface area (Å²) in [7, 11) is 0. The van der Waals surface area contributed by atoms with E-state index in [4.69, 9.17) is 0 Å². The molecule has 0 spiro atoms. The summed E-state index contributed by atoms with van der Waals surface area (Å²) < 4.78 is 0.842. The van der Waals surface area contributed by atoms with Crippen molar-refractivity contribution in [1.82, 2.24) is 5.32 Å². The number of nitrogens with one attached hydrogen (secondary N) is 2. The molecule has 3 rings (SSSR count). The van der Waals surface area contributed by atoms with E-state index in [1.807, 2.05) is 18.2 Å². The number of carbonyl (C=O) groups excluding carboxylic acids is 3. The monoisotopic (exact) mass is 386 g/mol. The molecule has 0 radical (unpaired) electrons. The molecule has 1 saturated heterocycles. The zero-order chi connectivity index (χ0) is 17.1. The van der Waals surface area contributed by atoms with Crippen molar-refractivity contribution < 1.29 is 14.4 Å². The van der Waals surface area contributed by atoms with E-state index >= 15 is 0 Å². The lowest BCUT2D eigenvalue weighted by molar-refractivity contribution is -0.125. The molecule has 24 heavy (non-hydrogen) atoms. The first-order valence-electron chi connectivity index (χ1n) is 7.51. The highest BCUT2D eigenvalue weighted by atomic mass is 79.9. The van der Waals surface area contributed by atoms with E-state index in [9.17, 15) is 14.4 Å². The predicted octanol–water partition coefficient (Wildman–Crippen LogP) is 2.91. The van der Waals surface area contributed by atoms with Gasteiger partial charge < -0.3 is 5.32 Å². The molecule has 122 valence electrons. The van der Waals surface area contributed by atoms with Gasteiger partial charge in [-0.1, -0.05) is 34.1 Å². The van der Waals surface area contributed by atoms with Crippen molar-refractivity contribution in [3.63, 3.8) is 0 Å². The fourth-order valence-electron chi connectivity index (χ4n) is 2.61. The van der Waals surface area contributed by atoms with Crippen LogP contribution in [0.5, 0.6) is 0 Å². The molecule has 6 heteroatoms. The summed E-state index contributed by atoms with van der Waals surface area (Å²) in [5.41, 5.74) is 2.19. The van der Waals surface area contributed by atoms with Crippen LogP contribution in [0.2, 0.25) is 0 Å². The summed E-state index contributed by atoms with van der Waals surface area (Å²) in [6.07, 6.45) is 0.748. The average Bonchev–Trinajstić information content (AvgIpc) is 2.87. The Morgan fingerprint density at radius 3 is 2.54 bits per heavy atom. The van der Waals surface area contributed by atoms with E-state index in [1.54, 1.807) is 30.3 Å². The fraction of sp³-hybridized carbons (Fsp3) is 0.167. The second-order valence-corrected chi connectivity index (χ2v) is 6.59. The number of hydrogen-bond acceptors (Lipinski definition) is 3. The van der Waals surface area contributed by atoms with Crippen molar-refractivity contribution in [1.29, 1.82) is 0 Å². The lowest BCUT2D eigenvalue weighted by Crippen LogP contribution is -2.22. The maximum Gasteiger partial charge on any atom is 0.255 e. The number of carbonyl (C=O) groups is 3. The lowest BCUT2D eigenvalue weighted by atomic mass is 9.98. The van der Waals surface area contributed by atoms with Gasteiger partial charge in [-0.3, -0.25) is 19.7 Å². The smallest absolute Gasteiger partial charge is 0.255 e. The quantitative estimate of drug-likeness (QED) is 0.793. The van der Waals surface area contributed by atoms with Crippen molar-refractivity contribution in [2.45, 2.75) is 12.8 Å².